The van der Waals surface area contributed by atoms with Gasteiger partial charge in [-0.1, -0.05) is 54.6 Å². The SMILES string of the molecule is COc1ccccc1CC1(Cc2ccccc2OC)CN=C(c2ccccc2C)O1. The lowest BCUT2D eigenvalue weighted by Crippen LogP contribution is -2.39. The highest BCUT2D eigenvalue weighted by Crippen LogP contribution is 2.35. The molecule has 0 spiro atoms. The van der Waals surface area contributed by atoms with Gasteiger partial charge >= 0.3 is 0 Å². The van der Waals surface area contributed by atoms with Crippen molar-refractivity contribution in [3.05, 3.63) is 95.1 Å². The fraction of sp³-hybridized carbons (Fsp3) is 0.269. The van der Waals surface area contributed by atoms with Crippen LogP contribution in [0.3, 0.4) is 0 Å². The van der Waals surface area contributed by atoms with Crippen molar-refractivity contribution in [1.82, 2.24) is 0 Å². The molecule has 0 N–H and O–H groups in total. The van der Waals surface area contributed by atoms with Gasteiger partial charge < -0.3 is 14.2 Å². The number of hydrogen-bond acceptors (Lipinski definition) is 4. The third-order valence-electron chi connectivity index (χ3n) is 5.61. The second kappa shape index (κ2) is 8.62. The van der Waals surface area contributed by atoms with Crippen molar-refractivity contribution in [3.63, 3.8) is 0 Å². The number of aliphatic imine (C=N–C) groups is 1. The first-order valence-electron chi connectivity index (χ1n) is 10.2. The Morgan fingerprint density at radius 2 is 1.33 bits per heavy atom. The highest BCUT2D eigenvalue weighted by molar-refractivity contribution is 5.96. The van der Waals surface area contributed by atoms with E-state index in [1.807, 2.05) is 48.5 Å². The molecular weight excluding hydrogens is 374 g/mol. The molecule has 1 aliphatic rings. The van der Waals surface area contributed by atoms with Crippen LogP contribution in [-0.4, -0.2) is 32.3 Å². The molecule has 0 aromatic heterocycles. The van der Waals surface area contributed by atoms with Crippen molar-refractivity contribution in [3.8, 4) is 11.5 Å². The lowest BCUT2D eigenvalue weighted by atomic mass is 9.87. The van der Waals surface area contributed by atoms with Gasteiger partial charge in [0.05, 0.1) is 20.8 Å². The minimum Gasteiger partial charge on any atom is -0.496 e. The van der Waals surface area contributed by atoms with E-state index in [1.54, 1.807) is 14.2 Å². The van der Waals surface area contributed by atoms with E-state index in [-0.39, 0.29) is 0 Å². The average molecular weight is 402 g/mol. The van der Waals surface area contributed by atoms with Gasteiger partial charge in [-0.15, -0.1) is 0 Å². The van der Waals surface area contributed by atoms with E-state index in [4.69, 9.17) is 19.2 Å². The van der Waals surface area contributed by atoms with E-state index in [1.165, 1.54) is 0 Å². The van der Waals surface area contributed by atoms with Crippen molar-refractivity contribution in [2.24, 2.45) is 4.99 Å². The van der Waals surface area contributed by atoms with Crippen LogP contribution in [0.5, 0.6) is 11.5 Å². The first-order chi connectivity index (χ1) is 14.6. The van der Waals surface area contributed by atoms with Crippen LogP contribution in [0.1, 0.15) is 22.3 Å². The van der Waals surface area contributed by atoms with Gasteiger partial charge in [-0.25, -0.2) is 4.99 Å². The van der Waals surface area contributed by atoms with Crippen LogP contribution in [0.25, 0.3) is 0 Å². The molecule has 0 atom stereocenters. The van der Waals surface area contributed by atoms with E-state index in [9.17, 15) is 0 Å². The maximum Gasteiger partial charge on any atom is 0.217 e. The van der Waals surface area contributed by atoms with E-state index >= 15 is 0 Å². The summed E-state index contributed by atoms with van der Waals surface area (Å²) in [6.45, 7) is 2.66. The molecule has 0 fully saturated rings. The van der Waals surface area contributed by atoms with Gasteiger partial charge in [0.25, 0.3) is 0 Å². The van der Waals surface area contributed by atoms with Crippen LogP contribution in [0, 0.1) is 6.92 Å². The maximum absolute atomic E-state index is 6.66. The Balaban J connectivity index is 1.70. The molecule has 4 heteroatoms. The Hall–Kier alpha value is -3.27. The van der Waals surface area contributed by atoms with E-state index in [0.717, 1.165) is 33.8 Å². The molecule has 4 rings (SSSR count). The van der Waals surface area contributed by atoms with Gasteiger partial charge in [-0.2, -0.15) is 0 Å². The van der Waals surface area contributed by atoms with E-state index in [2.05, 4.69) is 31.2 Å². The number of hydrogen-bond donors (Lipinski definition) is 0. The Kier molecular flexibility index (Phi) is 5.75. The predicted molar refractivity (Wildman–Crippen MR) is 120 cm³/mol. The van der Waals surface area contributed by atoms with Gasteiger partial charge in [0.15, 0.2) is 0 Å². The lowest BCUT2D eigenvalue weighted by molar-refractivity contribution is 0.0871. The molecule has 30 heavy (non-hydrogen) atoms. The number of para-hydroxylation sites is 2. The average Bonchev–Trinajstić information content (AvgIpc) is 3.18. The standard InChI is InChI=1S/C26H27NO3/c1-19-10-4-7-13-22(19)25-27-18-26(30-25,16-20-11-5-8-14-23(20)28-2)17-21-12-6-9-15-24(21)29-3/h4-15H,16-18H2,1-3H3. The monoisotopic (exact) mass is 401 g/mol. The van der Waals surface area contributed by atoms with Crippen LogP contribution in [0.15, 0.2) is 77.8 Å². The Morgan fingerprint density at radius 1 is 0.800 bits per heavy atom. The summed E-state index contributed by atoms with van der Waals surface area (Å²) in [5.74, 6) is 2.44. The maximum atomic E-state index is 6.66. The molecular formula is C26H27NO3. The van der Waals surface area contributed by atoms with E-state index < -0.39 is 5.60 Å². The van der Waals surface area contributed by atoms with E-state index in [0.29, 0.717) is 25.3 Å². The summed E-state index contributed by atoms with van der Waals surface area (Å²) in [7, 11) is 3.41. The number of rotatable bonds is 7. The number of methoxy groups -OCH3 is 2. The summed E-state index contributed by atoms with van der Waals surface area (Å²) in [5, 5.41) is 0. The van der Waals surface area contributed by atoms with Crippen molar-refractivity contribution < 1.29 is 14.2 Å². The highest BCUT2D eigenvalue weighted by Gasteiger charge is 2.40. The number of aryl methyl sites for hydroxylation is 1. The first kappa shape index (κ1) is 20.0. The summed E-state index contributed by atoms with van der Waals surface area (Å²) in [6.07, 6.45) is 1.38. The second-order valence-electron chi connectivity index (χ2n) is 7.70. The van der Waals surface area contributed by atoms with Crippen LogP contribution in [0.2, 0.25) is 0 Å². The fourth-order valence-electron chi connectivity index (χ4n) is 4.08. The normalized spacial score (nSPS) is 14.7. The highest BCUT2D eigenvalue weighted by atomic mass is 16.5. The van der Waals surface area contributed by atoms with Gasteiger partial charge in [-0.05, 0) is 41.8 Å². The quantitative estimate of drug-likeness (QED) is 0.558. The molecule has 154 valence electrons. The number of nitrogens with zero attached hydrogens (tertiary/aromatic N) is 1. The minimum absolute atomic E-state index is 0.513. The smallest absolute Gasteiger partial charge is 0.217 e. The molecule has 0 unspecified atom stereocenters. The molecule has 3 aromatic rings. The van der Waals surface area contributed by atoms with Crippen molar-refractivity contribution in [2.45, 2.75) is 25.4 Å². The molecule has 0 saturated heterocycles. The molecule has 0 radical (unpaired) electrons. The topological polar surface area (TPSA) is 40.0 Å². The van der Waals surface area contributed by atoms with Crippen molar-refractivity contribution >= 4 is 5.90 Å². The molecule has 0 aliphatic carbocycles. The summed E-state index contributed by atoms with van der Waals surface area (Å²) in [4.78, 5) is 4.84. The summed E-state index contributed by atoms with van der Waals surface area (Å²) < 4.78 is 17.9. The van der Waals surface area contributed by atoms with Gasteiger partial charge in [-0.3, -0.25) is 0 Å². The van der Waals surface area contributed by atoms with Crippen LogP contribution in [0.4, 0.5) is 0 Å². The Morgan fingerprint density at radius 3 is 1.90 bits per heavy atom. The summed E-state index contributed by atoms with van der Waals surface area (Å²) >= 11 is 0. The first-order valence-corrected chi connectivity index (χ1v) is 10.2. The third kappa shape index (κ3) is 4.04. The minimum atomic E-state index is -0.513. The lowest BCUT2D eigenvalue weighted by Gasteiger charge is -2.30. The Labute approximate surface area is 178 Å². The number of benzene rings is 3. The van der Waals surface area contributed by atoms with Gasteiger partial charge in [0.1, 0.15) is 17.1 Å². The predicted octanol–water partition coefficient (Wildman–Crippen LogP) is 5.01. The van der Waals surface area contributed by atoms with Gasteiger partial charge in [0.2, 0.25) is 5.90 Å². The molecule has 1 heterocycles. The zero-order valence-electron chi connectivity index (χ0n) is 17.7. The molecule has 0 bridgehead atoms. The fourth-order valence-corrected chi connectivity index (χ4v) is 4.08. The van der Waals surface area contributed by atoms with Gasteiger partial charge in [0, 0.05) is 18.4 Å². The second-order valence-corrected chi connectivity index (χ2v) is 7.70. The molecule has 3 aromatic carbocycles. The van der Waals surface area contributed by atoms with Crippen LogP contribution < -0.4 is 9.47 Å². The molecule has 0 amide bonds. The zero-order chi connectivity index (χ0) is 21.0. The summed E-state index contributed by atoms with van der Waals surface area (Å²) in [6, 6.07) is 24.4. The van der Waals surface area contributed by atoms with Crippen LogP contribution in [-0.2, 0) is 17.6 Å². The van der Waals surface area contributed by atoms with Crippen LogP contribution >= 0.6 is 0 Å². The molecule has 1 aliphatic heterocycles. The largest absolute Gasteiger partial charge is 0.496 e. The number of ether oxygens (including phenoxy) is 3. The van der Waals surface area contributed by atoms with Crippen molar-refractivity contribution in [2.75, 3.05) is 20.8 Å². The van der Waals surface area contributed by atoms with Crippen molar-refractivity contribution in [1.29, 1.82) is 0 Å². The Bertz CT molecular complexity index is 1010. The third-order valence-corrected chi connectivity index (χ3v) is 5.61. The molecule has 4 nitrogen and oxygen atoms in total. The summed E-state index contributed by atoms with van der Waals surface area (Å²) in [5.41, 5.74) is 3.90. The molecule has 0 saturated carbocycles. The zero-order valence-corrected chi connectivity index (χ0v) is 17.7.